The standard InChI is InChI=1S/C19H19Cl2NO2/c1-3-24-19(23)17-10-14(13-7-5-4-6-11(13)2)18-15(21)8-12(20)9-16(18)22-17/h4-9,14,17,22H,3,10H2,1-2H3. The van der Waals surface area contributed by atoms with E-state index < -0.39 is 6.04 Å². The molecule has 1 N–H and O–H groups in total. The Labute approximate surface area is 151 Å². The number of aryl methyl sites for hydroxylation is 1. The van der Waals surface area contributed by atoms with E-state index in [0.29, 0.717) is 23.1 Å². The Morgan fingerprint density at radius 3 is 2.75 bits per heavy atom. The van der Waals surface area contributed by atoms with E-state index >= 15 is 0 Å². The third kappa shape index (κ3) is 3.24. The summed E-state index contributed by atoms with van der Waals surface area (Å²) < 4.78 is 5.20. The van der Waals surface area contributed by atoms with Crippen LogP contribution in [0.4, 0.5) is 5.69 Å². The quantitative estimate of drug-likeness (QED) is 0.763. The van der Waals surface area contributed by atoms with Gasteiger partial charge in [-0.1, -0.05) is 47.5 Å². The molecular weight excluding hydrogens is 345 g/mol. The molecule has 0 aliphatic carbocycles. The predicted octanol–water partition coefficient (Wildman–Crippen LogP) is 5.18. The fraction of sp³-hybridized carbons (Fsp3) is 0.316. The highest BCUT2D eigenvalue weighted by Crippen LogP contribution is 2.45. The smallest absolute Gasteiger partial charge is 0.328 e. The van der Waals surface area contributed by atoms with Crippen LogP contribution in [0, 0.1) is 6.92 Å². The van der Waals surface area contributed by atoms with Crippen LogP contribution in [0.3, 0.4) is 0 Å². The summed E-state index contributed by atoms with van der Waals surface area (Å²) in [5, 5.41) is 4.39. The normalized spacial score (nSPS) is 19.3. The van der Waals surface area contributed by atoms with Gasteiger partial charge in [-0.15, -0.1) is 0 Å². The van der Waals surface area contributed by atoms with Crippen molar-refractivity contribution in [3.63, 3.8) is 0 Å². The number of rotatable bonds is 3. The topological polar surface area (TPSA) is 38.3 Å². The number of hydrogen-bond acceptors (Lipinski definition) is 3. The number of fused-ring (bicyclic) bond motifs is 1. The molecule has 0 radical (unpaired) electrons. The van der Waals surface area contributed by atoms with Crippen molar-refractivity contribution in [2.45, 2.75) is 32.2 Å². The van der Waals surface area contributed by atoms with Gasteiger partial charge in [0.2, 0.25) is 0 Å². The van der Waals surface area contributed by atoms with E-state index in [4.69, 9.17) is 27.9 Å². The first kappa shape index (κ1) is 17.1. The lowest BCUT2D eigenvalue weighted by Gasteiger charge is -2.33. The third-order valence-electron chi connectivity index (χ3n) is 4.38. The molecule has 2 atom stereocenters. The van der Waals surface area contributed by atoms with Crippen LogP contribution in [0.25, 0.3) is 0 Å². The molecular formula is C19H19Cl2NO2. The van der Waals surface area contributed by atoms with Gasteiger partial charge in [-0.3, -0.25) is 0 Å². The van der Waals surface area contributed by atoms with Crippen LogP contribution < -0.4 is 5.32 Å². The van der Waals surface area contributed by atoms with Crippen molar-refractivity contribution in [2.24, 2.45) is 0 Å². The fourth-order valence-corrected chi connectivity index (χ4v) is 3.94. The maximum Gasteiger partial charge on any atom is 0.328 e. The van der Waals surface area contributed by atoms with Gasteiger partial charge < -0.3 is 10.1 Å². The molecule has 1 aliphatic rings. The minimum absolute atomic E-state index is 0.0154. The van der Waals surface area contributed by atoms with Crippen LogP contribution in [0.1, 0.15) is 36.0 Å². The van der Waals surface area contributed by atoms with Crippen molar-refractivity contribution in [1.82, 2.24) is 0 Å². The summed E-state index contributed by atoms with van der Waals surface area (Å²) in [6.45, 7) is 4.23. The van der Waals surface area contributed by atoms with Gasteiger partial charge in [-0.2, -0.15) is 0 Å². The SMILES string of the molecule is CCOC(=O)C1CC(c2ccccc2C)c2c(Cl)cc(Cl)cc2N1. The molecule has 0 saturated heterocycles. The molecule has 0 bridgehead atoms. The van der Waals surface area contributed by atoms with Crippen molar-refractivity contribution >= 4 is 34.9 Å². The summed E-state index contributed by atoms with van der Waals surface area (Å²) >= 11 is 12.6. The molecule has 126 valence electrons. The molecule has 0 saturated carbocycles. The second-order valence-electron chi connectivity index (χ2n) is 5.94. The van der Waals surface area contributed by atoms with E-state index in [1.807, 2.05) is 18.2 Å². The molecule has 0 amide bonds. The summed E-state index contributed by atoms with van der Waals surface area (Å²) in [5.41, 5.74) is 4.11. The molecule has 2 aromatic rings. The minimum Gasteiger partial charge on any atom is -0.464 e. The fourth-order valence-electron chi connectivity index (χ4n) is 3.32. The van der Waals surface area contributed by atoms with Crippen LogP contribution in [-0.2, 0) is 9.53 Å². The van der Waals surface area contributed by atoms with Gasteiger partial charge in [0.05, 0.1) is 6.61 Å². The molecule has 2 aromatic carbocycles. The predicted molar refractivity (Wildman–Crippen MR) is 98.1 cm³/mol. The molecule has 5 heteroatoms. The number of anilines is 1. The van der Waals surface area contributed by atoms with Crippen molar-refractivity contribution in [2.75, 3.05) is 11.9 Å². The lowest BCUT2D eigenvalue weighted by Crippen LogP contribution is -2.37. The number of carbonyl (C=O) groups is 1. The van der Waals surface area contributed by atoms with E-state index in [1.54, 1.807) is 13.0 Å². The van der Waals surface area contributed by atoms with E-state index in [1.165, 1.54) is 11.1 Å². The number of esters is 1. The number of benzene rings is 2. The Bertz CT molecular complexity index is 776. The van der Waals surface area contributed by atoms with E-state index in [-0.39, 0.29) is 11.9 Å². The van der Waals surface area contributed by atoms with Crippen LogP contribution >= 0.6 is 23.2 Å². The Kier molecular flexibility index (Phi) is 5.02. The maximum absolute atomic E-state index is 12.3. The Hall–Kier alpha value is -1.71. The lowest BCUT2D eigenvalue weighted by molar-refractivity contribution is -0.144. The highest BCUT2D eigenvalue weighted by Gasteiger charge is 2.34. The Morgan fingerprint density at radius 2 is 2.04 bits per heavy atom. The molecule has 2 unspecified atom stereocenters. The van der Waals surface area contributed by atoms with Gasteiger partial charge >= 0.3 is 5.97 Å². The zero-order valence-corrected chi connectivity index (χ0v) is 15.1. The van der Waals surface area contributed by atoms with Crippen LogP contribution in [-0.4, -0.2) is 18.6 Å². The van der Waals surface area contributed by atoms with Gasteiger partial charge in [0.25, 0.3) is 0 Å². The lowest BCUT2D eigenvalue weighted by atomic mass is 9.80. The zero-order valence-electron chi connectivity index (χ0n) is 13.6. The van der Waals surface area contributed by atoms with Gasteiger partial charge in [-0.05, 0) is 43.5 Å². The van der Waals surface area contributed by atoms with Gasteiger partial charge in [0.15, 0.2) is 0 Å². The number of ether oxygens (including phenoxy) is 1. The van der Waals surface area contributed by atoms with Crippen LogP contribution in [0.2, 0.25) is 10.0 Å². The summed E-state index contributed by atoms with van der Waals surface area (Å²) in [4.78, 5) is 12.3. The second-order valence-corrected chi connectivity index (χ2v) is 6.79. The van der Waals surface area contributed by atoms with E-state index in [0.717, 1.165) is 11.3 Å². The van der Waals surface area contributed by atoms with Gasteiger partial charge in [0.1, 0.15) is 6.04 Å². The van der Waals surface area contributed by atoms with Crippen LogP contribution in [0.5, 0.6) is 0 Å². The Morgan fingerprint density at radius 1 is 1.29 bits per heavy atom. The maximum atomic E-state index is 12.3. The summed E-state index contributed by atoms with van der Waals surface area (Å²) in [6, 6.07) is 11.3. The Balaban J connectivity index is 2.10. The first-order valence-corrected chi connectivity index (χ1v) is 8.74. The molecule has 1 heterocycles. The van der Waals surface area contributed by atoms with Crippen molar-refractivity contribution in [3.05, 3.63) is 63.1 Å². The molecule has 3 rings (SSSR count). The van der Waals surface area contributed by atoms with Crippen molar-refractivity contribution in [3.8, 4) is 0 Å². The third-order valence-corrected chi connectivity index (χ3v) is 4.91. The summed E-state index contributed by atoms with van der Waals surface area (Å²) in [7, 11) is 0. The average molecular weight is 364 g/mol. The van der Waals surface area contributed by atoms with Crippen molar-refractivity contribution < 1.29 is 9.53 Å². The minimum atomic E-state index is -0.420. The molecule has 24 heavy (non-hydrogen) atoms. The van der Waals surface area contributed by atoms with E-state index in [2.05, 4.69) is 24.4 Å². The zero-order chi connectivity index (χ0) is 17.3. The van der Waals surface area contributed by atoms with E-state index in [9.17, 15) is 4.79 Å². The summed E-state index contributed by atoms with van der Waals surface area (Å²) in [5.74, 6) is -0.237. The summed E-state index contributed by atoms with van der Waals surface area (Å²) in [6.07, 6.45) is 0.595. The number of nitrogens with one attached hydrogen (secondary N) is 1. The monoisotopic (exact) mass is 363 g/mol. The van der Waals surface area contributed by atoms with Gasteiger partial charge in [-0.25, -0.2) is 4.79 Å². The molecule has 0 aromatic heterocycles. The molecule has 3 nitrogen and oxygen atoms in total. The van der Waals surface area contributed by atoms with Crippen molar-refractivity contribution in [1.29, 1.82) is 0 Å². The number of hydrogen-bond donors (Lipinski definition) is 1. The number of carbonyl (C=O) groups excluding carboxylic acids is 1. The first-order chi connectivity index (χ1) is 11.5. The van der Waals surface area contributed by atoms with Crippen LogP contribution in [0.15, 0.2) is 36.4 Å². The highest BCUT2D eigenvalue weighted by molar-refractivity contribution is 6.35. The molecule has 0 fully saturated rings. The number of halogens is 2. The molecule has 1 aliphatic heterocycles. The largest absolute Gasteiger partial charge is 0.464 e. The first-order valence-electron chi connectivity index (χ1n) is 7.99. The second kappa shape index (κ2) is 7.04. The highest BCUT2D eigenvalue weighted by atomic mass is 35.5. The average Bonchev–Trinajstić information content (AvgIpc) is 2.54. The van der Waals surface area contributed by atoms with Gasteiger partial charge in [0, 0.05) is 27.2 Å². The molecule has 0 spiro atoms.